The highest BCUT2D eigenvalue weighted by molar-refractivity contribution is 6.01. The third kappa shape index (κ3) is 3.97. The van der Waals surface area contributed by atoms with Crippen LogP contribution in [0.25, 0.3) is 0 Å². The molecule has 2 aliphatic heterocycles. The minimum Gasteiger partial charge on any atom is -0.449 e. The number of carbonyl (C=O) groups is 2. The van der Waals surface area contributed by atoms with E-state index in [2.05, 4.69) is 0 Å². The number of nitro groups is 1. The molecule has 8 nitrogen and oxygen atoms in total. The van der Waals surface area contributed by atoms with E-state index in [9.17, 15) is 19.7 Å². The first-order chi connectivity index (χ1) is 14.9. The van der Waals surface area contributed by atoms with Gasteiger partial charge in [0.1, 0.15) is 5.69 Å². The van der Waals surface area contributed by atoms with Gasteiger partial charge in [0.15, 0.2) is 6.10 Å². The molecule has 0 spiro atoms. The highest BCUT2D eigenvalue weighted by Crippen LogP contribution is 2.34. The van der Waals surface area contributed by atoms with Gasteiger partial charge >= 0.3 is 5.97 Å². The quantitative estimate of drug-likeness (QED) is 0.413. The molecule has 162 valence electrons. The predicted octanol–water partition coefficient (Wildman–Crippen LogP) is 3.72. The maximum absolute atomic E-state index is 13.0. The zero-order valence-electron chi connectivity index (χ0n) is 17.6. The molecular formula is C23H25N3O5. The van der Waals surface area contributed by atoms with Crippen molar-refractivity contribution in [3.63, 3.8) is 0 Å². The molecule has 2 aliphatic rings. The van der Waals surface area contributed by atoms with Gasteiger partial charge in [-0.2, -0.15) is 0 Å². The number of benzene rings is 2. The predicted molar refractivity (Wildman–Crippen MR) is 117 cm³/mol. The number of hydrogen-bond acceptors (Lipinski definition) is 6. The van der Waals surface area contributed by atoms with Crippen molar-refractivity contribution in [1.82, 2.24) is 0 Å². The van der Waals surface area contributed by atoms with E-state index < -0.39 is 17.0 Å². The van der Waals surface area contributed by atoms with Crippen molar-refractivity contribution in [2.24, 2.45) is 0 Å². The molecule has 0 unspecified atom stereocenters. The Labute approximate surface area is 180 Å². The van der Waals surface area contributed by atoms with Crippen LogP contribution in [0.4, 0.5) is 17.1 Å². The maximum atomic E-state index is 13.0. The Morgan fingerprint density at radius 2 is 1.84 bits per heavy atom. The van der Waals surface area contributed by atoms with Crippen LogP contribution >= 0.6 is 0 Å². The number of amides is 1. The smallest absolute Gasteiger partial charge is 0.339 e. The number of nitro benzene ring substituents is 1. The van der Waals surface area contributed by atoms with Gasteiger partial charge in [-0.25, -0.2) is 4.79 Å². The first-order valence-electron chi connectivity index (χ1n) is 10.5. The highest BCUT2D eigenvalue weighted by Gasteiger charge is 2.35. The van der Waals surface area contributed by atoms with Crippen molar-refractivity contribution in [2.45, 2.75) is 45.3 Å². The molecule has 0 N–H and O–H groups in total. The summed E-state index contributed by atoms with van der Waals surface area (Å²) in [4.78, 5) is 40.4. The van der Waals surface area contributed by atoms with E-state index in [4.69, 9.17) is 4.74 Å². The van der Waals surface area contributed by atoms with Crippen LogP contribution in [0.15, 0.2) is 42.5 Å². The van der Waals surface area contributed by atoms with E-state index in [1.807, 2.05) is 36.1 Å². The summed E-state index contributed by atoms with van der Waals surface area (Å²) in [5.41, 5.74) is 2.34. The average molecular weight is 423 g/mol. The number of hydrogen-bond donors (Lipinski definition) is 0. The molecule has 8 heteroatoms. The van der Waals surface area contributed by atoms with Crippen LogP contribution in [-0.2, 0) is 16.0 Å². The fourth-order valence-electron chi connectivity index (χ4n) is 4.40. The summed E-state index contributed by atoms with van der Waals surface area (Å²) < 4.78 is 5.41. The summed E-state index contributed by atoms with van der Waals surface area (Å²) in [6.07, 6.45) is 1.70. The molecule has 31 heavy (non-hydrogen) atoms. The molecule has 4 rings (SSSR count). The SMILES string of the molecule is C[C@H](OC(=O)c1ccc(N2CCCC2)c([N+](=O)[O-])c1)C(=O)N1c2ccccc2C[C@H]1C. The molecule has 1 saturated heterocycles. The van der Waals surface area contributed by atoms with Crippen LogP contribution in [-0.4, -0.2) is 42.0 Å². The second-order valence-corrected chi connectivity index (χ2v) is 8.09. The van der Waals surface area contributed by atoms with E-state index in [-0.39, 0.29) is 23.2 Å². The Kier molecular flexibility index (Phi) is 5.63. The second kappa shape index (κ2) is 8.37. The number of rotatable bonds is 5. The van der Waals surface area contributed by atoms with Crippen molar-refractivity contribution in [3.8, 4) is 0 Å². The number of fused-ring (bicyclic) bond motifs is 1. The Morgan fingerprint density at radius 3 is 2.55 bits per heavy atom. The third-order valence-electron chi connectivity index (χ3n) is 5.93. The molecule has 2 aromatic rings. The van der Waals surface area contributed by atoms with Gasteiger partial charge in [-0.15, -0.1) is 0 Å². The average Bonchev–Trinajstić information content (AvgIpc) is 3.39. The van der Waals surface area contributed by atoms with E-state index in [0.717, 1.165) is 43.6 Å². The van der Waals surface area contributed by atoms with E-state index in [0.29, 0.717) is 5.69 Å². The van der Waals surface area contributed by atoms with Gasteiger partial charge < -0.3 is 14.5 Å². The zero-order chi connectivity index (χ0) is 22.1. The van der Waals surface area contributed by atoms with Crippen LogP contribution in [0.1, 0.15) is 42.6 Å². The zero-order valence-corrected chi connectivity index (χ0v) is 17.6. The number of ether oxygens (including phenoxy) is 1. The standard InChI is InChI=1S/C23H25N3O5/c1-15-13-17-7-3-4-8-19(17)25(15)22(27)16(2)31-23(28)18-9-10-20(21(14-18)26(29)30)24-11-5-6-12-24/h3-4,7-10,14-16H,5-6,11-13H2,1-2H3/t15-,16+/m1/s1. The summed E-state index contributed by atoms with van der Waals surface area (Å²) >= 11 is 0. The molecule has 0 aliphatic carbocycles. The van der Waals surface area contributed by atoms with Gasteiger partial charge in [0, 0.05) is 30.9 Å². The first-order valence-corrected chi connectivity index (χ1v) is 10.5. The van der Waals surface area contributed by atoms with E-state index in [1.54, 1.807) is 11.0 Å². The second-order valence-electron chi connectivity index (χ2n) is 8.09. The number of anilines is 2. The van der Waals surface area contributed by atoms with Crippen LogP contribution in [0, 0.1) is 10.1 Å². The van der Waals surface area contributed by atoms with Crippen LogP contribution < -0.4 is 9.80 Å². The third-order valence-corrected chi connectivity index (χ3v) is 5.93. The van der Waals surface area contributed by atoms with Gasteiger partial charge in [0.25, 0.3) is 11.6 Å². The van der Waals surface area contributed by atoms with Gasteiger partial charge in [-0.3, -0.25) is 14.9 Å². The molecular weight excluding hydrogens is 398 g/mol. The lowest BCUT2D eigenvalue weighted by atomic mass is 10.1. The van der Waals surface area contributed by atoms with Crippen molar-refractivity contribution >= 4 is 28.9 Å². The van der Waals surface area contributed by atoms with E-state index in [1.165, 1.54) is 19.1 Å². The summed E-state index contributed by atoms with van der Waals surface area (Å²) in [5, 5.41) is 11.6. The van der Waals surface area contributed by atoms with E-state index >= 15 is 0 Å². The molecule has 1 fully saturated rings. The molecule has 0 aromatic heterocycles. The molecule has 0 bridgehead atoms. The van der Waals surface area contributed by atoms with Crippen LogP contribution in [0.5, 0.6) is 0 Å². The lowest BCUT2D eigenvalue weighted by Gasteiger charge is -2.26. The fraction of sp³-hybridized carbons (Fsp3) is 0.391. The van der Waals surface area contributed by atoms with Gasteiger partial charge in [0.2, 0.25) is 0 Å². The normalized spacial score (nSPS) is 18.6. The summed E-state index contributed by atoms with van der Waals surface area (Å²) in [6.45, 7) is 4.99. The van der Waals surface area contributed by atoms with Gasteiger partial charge in [-0.05, 0) is 56.9 Å². The summed E-state index contributed by atoms with van der Waals surface area (Å²) in [5.74, 6) is -1.06. The van der Waals surface area contributed by atoms with Gasteiger partial charge in [-0.1, -0.05) is 18.2 Å². The fourth-order valence-corrected chi connectivity index (χ4v) is 4.40. The number of carbonyl (C=O) groups excluding carboxylic acids is 2. The summed E-state index contributed by atoms with van der Waals surface area (Å²) in [7, 11) is 0. The first kappa shape index (κ1) is 20.8. The molecule has 0 radical (unpaired) electrons. The van der Waals surface area contributed by atoms with Crippen LogP contribution in [0.3, 0.4) is 0 Å². The number of para-hydroxylation sites is 1. The minimum absolute atomic E-state index is 0.0353. The molecule has 2 aromatic carbocycles. The van der Waals surface area contributed by atoms with Crippen molar-refractivity contribution < 1.29 is 19.2 Å². The molecule has 2 heterocycles. The molecule has 0 saturated carbocycles. The minimum atomic E-state index is -1.02. The van der Waals surface area contributed by atoms with Gasteiger partial charge in [0.05, 0.1) is 10.5 Å². The largest absolute Gasteiger partial charge is 0.449 e. The van der Waals surface area contributed by atoms with Crippen molar-refractivity contribution in [2.75, 3.05) is 22.9 Å². The topological polar surface area (TPSA) is 93.0 Å². The Hall–Kier alpha value is -3.42. The Morgan fingerprint density at radius 1 is 1.13 bits per heavy atom. The summed E-state index contributed by atoms with van der Waals surface area (Å²) in [6, 6.07) is 12.0. The highest BCUT2D eigenvalue weighted by atomic mass is 16.6. The van der Waals surface area contributed by atoms with Crippen molar-refractivity contribution in [1.29, 1.82) is 0 Å². The lowest BCUT2D eigenvalue weighted by Crippen LogP contribution is -2.43. The van der Waals surface area contributed by atoms with Crippen molar-refractivity contribution in [3.05, 3.63) is 63.7 Å². The lowest BCUT2D eigenvalue weighted by molar-refractivity contribution is -0.384. The molecule has 2 atom stereocenters. The number of esters is 1. The Balaban J connectivity index is 1.51. The molecule has 1 amide bonds. The monoisotopic (exact) mass is 423 g/mol. The van der Waals surface area contributed by atoms with Crippen LogP contribution in [0.2, 0.25) is 0 Å². The Bertz CT molecular complexity index is 1030. The number of nitrogens with zero attached hydrogens (tertiary/aromatic N) is 3. The maximum Gasteiger partial charge on any atom is 0.339 e.